The minimum atomic E-state index is -1.73. The van der Waals surface area contributed by atoms with Crippen LogP contribution in [0, 0.1) is 0 Å². The maximum atomic E-state index is 13.1. The number of alkyl halides is 2. The number of hydrogen-bond acceptors (Lipinski definition) is 5. The van der Waals surface area contributed by atoms with Crippen molar-refractivity contribution < 1.29 is 12.7 Å². The second-order valence-corrected chi connectivity index (χ2v) is 13.7. The van der Waals surface area contributed by atoms with Crippen LogP contribution in [-0.2, 0) is 3.07 Å². The van der Waals surface area contributed by atoms with E-state index in [2.05, 4.69) is 15.3 Å². The summed E-state index contributed by atoms with van der Waals surface area (Å²) in [5, 5.41) is 3.76. The van der Waals surface area contributed by atoms with Gasteiger partial charge in [-0.15, -0.1) is 0 Å². The van der Waals surface area contributed by atoms with E-state index in [1.165, 1.54) is 6.07 Å². The molecule has 0 saturated carbocycles. The van der Waals surface area contributed by atoms with Crippen molar-refractivity contribution in [2.75, 3.05) is 6.54 Å². The monoisotopic (exact) mass is 601 g/mol. The van der Waals surface area contributed by atoms with Gasteiger partial charge >= 0.3 is 163 Å². The van der Waals surface area contributed by atoms with Crippen LogP contribution in [0.4, 0.5) is 0 Å². The van der Waals surface area contributed by atoms with Crippen molar-refractivity contribution in [1.29, 1.82) is 0 Å². The molecule has 2 aliphatic heterocycles. The Balaban J connectivity index is 1.29. The fourth-order valence-electron chi connectivity index (χ4n) is 4.00. The van der Waals surface area contributed by atoms with Crippen molar-refractivity contribution in [2.24, 2.45) is 5.73 Å². The molecule has 33 heavy (non-hydrogen) atoms. The molecule has 3 aromatic rings. The number of nitrogens with two attached hydrogens (primary N) is 1. The van der Waals surface area contributed by atoms with Gasteiger partial charge in [-0.3, -0.25) is 0 Å². The van der Waals surface area contributed by atoms with Gasteiger partial charge in [0.15, 0.2) is 0 Å². The molecule has 5 rings (SSSR count). The van der Waals surface area contributed by atoms with Gasteiger partial charge in [-0.05, 0) is 18.2 Å². The number of nitrogens with one attached hydrogen (secondary N) is 2. The fraction of sp³-hybridized carbons (Fsp3) is 0.318. The van der Waals surface area contributed by atoms with Crippen LogP contribution in [0.25, 0.3) is 11.0 Å². The van der Waals surface area contributed by atoms with Crippen LogP contribution in [0.5, 0.6) is 0 Å². The van der Waals surface area contributed by atoms with Gasteiger partial charge < -0.3 is 0 Å². The first-order valence-electron chi connectivity index (χ1n) is 10.5. The third-order valence-corrected chi connectivity index (χ3v) is 11.1. The smallest absolute Gasteiger partial charge is 0.0843 e. The second kappa shape index (κ2) is 9.03. The van der Waals surface area contributed by atoms with Gasteiger partial charge in [-0.1, -0.05) is 11.6 Å². The number of aromatic nitrogens is 2. The molecule has 2 aliphatic rings. The Morgan fingerprint density at radius 3 is 2.82 bits per heavy atom. The number of imidazole rings is 1. The molecule has 2 aromatic carbocycles. The van der Waals surface area contributed by atoms with E-state index >= 15 is 0 Å². The zero-order chi connectivity index (χ0) is 23.3. The molecule has 0 spiro atoms. The third-order valence-electron chi connectivity index (χ3n) is 5.74. The van der Waals surface area contributed by atoms with Gasteiger partial charge in [-0.2, -0.15) is 0 Å². The predicted molar refractivity (Wildman–Crippen MR) is 136 cm³/mol. The summed E-state index contributed by atoms with van der Waals surface area (Å²) in [5.41, 5.74) is 8.18. The van der Waals surface area contributed by atoms with E-state index in [4.69, 9.17) is 32.0 Å². The van der Waals surface area contributed by atoms with Gasteiger partial charge in [0.25, 0.3) is 0 Å². The molecule has 3 atom stereocenters. The Hall–Kier alpha value is -1.92. The van der Waals surface area contributed by atoms with Crippen molar-refractivity contribution in [2.45, 2.75) is 34.1 Å². The number of carbonyl (C=O) groups excluding carboxylic acids is 2. The summed E-state index contributed by atoms with van der Waals surface area (Å²) >= 11 is 10.7. The summed E-state index contributed by atoms with van der Waals surface area (Å²) in [6.45, 7) is 2.51. The molecule has 2 amide bonds. The van der Waals surface area contributed by atoms with E-state index in [0.29, 0.717) is 28.5 Å². The van der Waals surface area contributed by atoms with Crippen LogP contribution >= 0.6 is 43.4 Å². The van der Waals surface area contributed by atoms with Crippen LogP contribution < -0.4 is 11.1 Å². The van der Waals surface area contributed by atoms with Crippen LogP contribution in [0.1, 0.15) is 52.3 Å². The Morgan fingerprint density at radius 2 is 2.09 bits per heavy atom. The number of benzene rings is 2. The first-order valence-corrected chi connectivity index (χ1v) is 14.6. The molecule has 1 aromatic heterocycles. The van der Waals surface area contributed by atoms with E-state index in [-0.39, 0.29) is 31.2 Å². The molecule has 0 radical (unpaired) electrons. The van der Waals surface area contributed by atoms with E-state index in [1.807, 2.05) is 17.9 Å². The van der Waals surface area contributed by atoms with Gasteiger partial charge in [0.2, 0.25) is 0 Å². The van der Waals surface area contributed by atoms with Crippen molar-refractivity contribution in [3.63, 3.8) is 0 Å². The van der Waals surface area contributed by atoms with Crippen LogP contribution in [0.3, 0.4) is 0 Å². The fourth-order valence-corrected chi connectivity index (χ4v) is 9.03. The number of hydrogen-bond donors (Lipinski definition) is 3. The molecule has 8 nitrogen and oxygen atoms in total. The molecular weight excluding hydrogens is 580 g/mol. The van der Waals surface area contributed by atoms with Crippen molar-refractivity contribution in [3.8, 4) is 0 Å². The molecule has 4 N–H and O–H groups in total. The summed E-state index contributed by atoms with van der Waals surface area (Å²) in [4.78, 5) is 35.5. The quantitative estimate of drug-likeness (QED) is 0.171. The molecule has 174 valence electrons. The average molecular weight is 602 g/mol. The second-order valence-electron chi connectivity index (χ2n) is 7.99. The number of amides is 2. The first kappa shape index (κ1) is 22.9. The zero-order valence-corrected chi connectivity index (χ0v) is 21.3. The number of halogens is 3. The number of nitrogens with zero attached hydrogens (tertiary/aromatic N) is 2. The van der Waals surface area contributed by atoms with Crippen molar-refractivity contribution in [1.82, 2.24) is 20.2 Å². The Morgan fingerprint density at radius 1 is 1.30 bits per heavy atom. The molecule has 0 aliphatic carbocycles. The molecule has 2 fully saturated rings. The number of carbonyl (C=O) groups is 2. The topological polar surface area (TPSA) is 117 Å². The number of fused-ring (bicyclic) bond motifs is 1. The van der Waals surface area contributed by atoms with Gasteiger partial charge in [0.1, 0.15) is 0 Å². The Bertz CT molecular complexity index is 1250. The SMILES string of the molecule is CC(NC(=O)c1ccc(C(=O)N2CCC[C@@H]2I2OC2N)c(Cl)c1)c1nc2ccc(Cl)cc2[nH]1. The standard InChI is InChI=1S/C22H22Cl2IN5O3/c1-11(19-28-16-7-5-13(23)10-17(16)29-19)27-20(31)12-4-6-14(15(24)9-12)21(32)30-8-2-3-18(30)25-22(26)33-25/h4-7,9-11,18,22H,2-3,8,26H2,1H3,(H,27,31)(H,28,29)/t11?,18-,22?/m1/s1. The molecule has 2 unspecified atom stereocenters. The number of rotatable bonds is 5. The minimum absolute atomic E-state index is 0.121. The molecule has 2 saturated heterocycles. The first-order chi connectivity index (χ1) is 15.8. The number of H-pyrrole nitrogens is 1. The van der Waals surface area contributed by atoms with Crippen LogP contribution in [0.2, 0.25) is 10.0 Å². The Labute approximate surface area is 208 Å². The van der Waals surface area contributed by atoms with E-state index in [0.717, 1.165) is 23.9 Å². The van der Waals surface area contributed by atoms with E-state index in [9.17, 15) is 9.59 Å². The summed E-state index contributed by atoms with van der Waals surface area (Å²) in [6.07, 6.45) is 1.86. The van der Waals surface area contributed by atoms with Gasteiger partial charge in [0, 0.05) is 5.02 Å². The van der Waals surface area contributed by atoms with Crippen LogP contribution in [0.15, 0.2) is 36.4 Å². The Kier molecular flexibility index (Phi) is 6.25. The summed E-state index contributed by atoms with van der Waals surface area (Å²) in [6, 6.07) is 9.75. The van der Waals surface area contributed by atoms with Crippen LogP contribution in [-0.4, -0.2) is 41.5 Å². The summed E-state index contributed by atoms with van der Waals surface area (Å²) < 4.78 is 5.50. The number of aromatic amines is 1. The van der Waals surface area contributed by atoms with Crippen molar-refractivity contribution in [3.05, 3.63) is 63.4 Å². The normalized spacial score (nSPS) is 21.9. The minimum Gasteiger partial charge on any atom is -0.0843 e. The van der Waals surface area contributed by atoms with Crippen molar-refractivity contribution >= 4 is 66.3 Å². The molecular formula is C22H22Cl2IN5O3. The summed E-state index contributed by atoms with van der Waals surface area (Å²) in [7, 11) is 0. The third kappa shape index (κ3) is 4.57. The van der Waals surface area contributed by atoms with E-state index < -0.39 is 20.2 Å². The van der Waals surface area contributed by atoms with E-state index in [1.54, 1.807) is 24.3 Å². The van der Waals surface area contributed by atoms with Gasteiger partial charge in [0.05, 0.1) is 11.0 Å². The molecule has 11 heteroatoms. The zero-order valence-electron chi connectivity index (χ0n) is 17.6. The molecule has 0 bridgehead atoms. The predicted octanol–water partition coefficient (Wildman–Crippen LogP) is 4.62. The molecule has 3 heterocycles. The maximum absolute atomic E-state index is 13.1. The number of likely N-dealkylation sites (tertiary alicyclic amines) is 1. The summed E-state index contributed by atoms with van der Waals surface area (Å²) in [5.74, 6) is 0.166. The van der Waals surface area contributed by atoms with Gasteiger partial charge in [-0.25, -0.2) is 0 Å². The average Bonchev–Trinajstić information content (AvgIpc) is 3.17.